The van der Waals surface area contributed by atoms with E-state index < -0.39 is 0 Å². The van der Waals surface area contributed by atoms with Crippen molar-refractivity contribution in [1.82, 2.24) is 4.57 Å². The van der Waals surface area contributed by atoms with E-state index in [1.54, 1.807) is 0 Å². The van der Waals surface area contributed by atoms with Crippen LogP contribution < -0.4 is 0 Å². The first kappa shape index (κ1) is 25.6. The highest BCUT2D eigenvalue weighted by atomic mass is 15.0. The number of allylic oxidation sites excluding steroid dienone is 5. The monoisotopic (exact) mass is 565 g/mol. The number of nitrogens with zero attached hydrogens (tertiary/aromatic N) is 1. The first-order valence-electron chi connectivity index (χ1n) is 15.8. The van der Waals surface area contributed by atoms with Gasteiger partial charge in [-0.25, -0.2) is 0 Å². The second-order valence-electron chi connectivity index (χ2n) is 14.0. The van der Waals surface area contributed by atoms with E-state index in [2.05, 4.69) is 148 Å². The largest absolute Gasteiger partial charge is 0.316 e. The standard InChI is InChI=1S/C43H35N/c1-26-24-35-32(20-22-42(2,3)34-19-17-29-21-23-44(41(29)37(26)34)31-12-7-6-8-13-31)40-33-18-16-28-11-9-10-27-14-15-30(39(33)38(27)28)25-36(40)43(35,4)5/h6-21,23-25H,1,22H2,2-5H3/b32-20+,35-24+. The molecule has 0 spiro atoms. The Kier molecular flexibility index (Phi) is 5.01. The molecule has 0 radical (unpaired) electrons. The van der Waals surface area contributed by atoms with Crippen LogP contribution in [0.2, 0.25) is 0 Å². The van der Waals surface area contributed by atoms with Gasteiger partial charge in [0, 0.05) is 28.2 Å². The summed E-state index contributed by atoms with van der Waals surface area (Å²) in [6, 6.07) is 36.0. The van der Waals surface area contributed by atoms with Gasteiger partial charge in [0.15, 0.2) is 0 Å². The molecule has 1 heteroatoms. The molecule has 0 amide bonds. The van der Waals surface area contributed by atoms with Gasteiger partial charge in [0.25, 0.3) is 0 Å². The van der Waals surface area contributed by atoms with Gasteiger partial charge in [-0.15, -0.1) is 0 Å². The lowest BCUT2D eigenvalue weighted by Crippen LogP contribution is -2.18. The molecule has 0 atom stereocenters. The van der Waals surface area contributed by atoms with Gasteiger partial charge < -0.3 is 4.57 Å². The predicted octanol–water partition coefficient (Wildman–Crippen LogP) is 11.5. The Morgan fingerprint density at radius 1 is 0.659 bits per heavy atom. The average Bonchev–Trinajstić information content (AvgIpc) is 3.56. The van der Waals surface area contributed by atoms with Crippen molar-refractivity contribution < 1.29 is 0 Å². The second kappa shape index (κ2) is 8.61. The number of fused-ring (bicyclic) bond motifs is 7. The van der Waals surface area contributed by atoms with Crippen molar-refractivity contribution in [1.29, 1.82) is 0 Å². The van der Waals surface area contributed by atoms with Crippen LogP contribution in [0.4, 0.5) is 0 Å². The van der Waals surface area contributed by atoms with Gasteiger partial charge in [0.1, 0.15) is 0 Å². The maximum absolute atomic E-state index is 4.83. The van der Waals surface area contributed by atoms with Gasteiger partial charge >= 0.3 is 0 Å². The molecule has 44 heavy (non-hydrogen) atoms. The normalized spacial score (nSPS) is 19.6. The van der Waals surface area contributed by atoms with Gasteiger partial charge in [-0.3, -0.25) is 0 Å². The fourth-order valence-corrected chi connectivity index (χ4v) is 8.32. The minimum absolute atomic E-state index is 0.0920. The summed E-state index contributed by atoms with van der Waals surface area (Å²) in [6.07, 6.45) is 8.11. The third-order valence-electron chi connectivity index (χ3n) is 10.6. The van der Waals surface area contributed by atoms with E-state index in [1.807, 2.05) is 0 Å². The van der Waals surface area contributed by atoms with Crippen molar-refractivity contribution in [3.8, 4) is 5.69 Å². The summed E-state index contributed by atoms with van der Waals surface area (Å²) in [7, 11) is 0. The van der Waals surface area contributed by atoms with Crippen LogP contribution in [0.15, 0.2) is 128 Å². The Morgan fingerprint density at radius 2 is 1.39 bits per heavy atom. The SMILES string of the molecule is C=C1/C=C2\C(=C/CC(C)(C)c3ccc4ccn(-c5ccccc5)c4c31)c1c(cc3ccc4cccc5ccc1c3c45)C2(C)C. The summed E-state index contributed by atoms with van der Waals surface area (Å²) < 4.78 is 2.35. The number of rotatable bonds is 1. The van der Waals surface area contributed by atoms with E-state index in [1.165, 1.54) is 82.3 Å². The van der Waals surface area contributed by atoms with Gasteiger partial charge in [-0.1, -0.05) is 119 Å². The zero-order valence-electron chi connectivity index (χ0n) is 25.8. The Balaban J connectivity index is 1.35. The van der Waals surface area contributed by atoms with E-state index in [0.29, 0.717) is 0 Å². The van der Waals surface area contributed by atoms with E-state index in [9.17, 15) is 0 Å². The van der Waals surface area contributed by atoms with Crippen molar-refractivity contribution >= 4 is 54.4 Å². The van der Waals surface area contributed by atoms with Crippen LogP contribution in [0.5, 0.6) is 0 Å². The molecule has 2 aliphatic rings. The number of hydrogen-bond acceptors (Lipinski definition) is 0. The van der Waals surface area contributed by atoms with E-state index in [-0.39, 0.29) is 10.8 Å². The third kappa shape index (κ3) is 3.30. The fourth-order valence-electron chi connectivity index (χ4n) is 8.32. The van der Waals surface area contributed by atoms with E-state index in [0.717, 1.165) is 12.0 Å². The zero-order chi connectivity index (χ0) is 30.0. The lowest BCUT2D eigenvalue weighted by atomic mass is 9.76. The third-order valence-corrected chi connectivity index (χ3v) is 10.6. The molecule has 0 saturated carbocycles. The fraction of sp³-hybridized carbons (Fsp3) is 0.163. The highest BCUT2D eigenvalue weighted by Crippen LogP contribution is 2.56. The van der Waals surface area contributed by atoms with Crippen LogP contribution in [0.1, 0.15) is 56.4 Å². The van der Waals surface area contributed by atoms with Crippen molar-refractivity contribution in [2.45, 2.75) is 44.9 Å². The zero-order valence-corrected chi connectivity index (χ0v) is 25.8. The highest BCUT2D eigenvalue weighted by Gasteiger charge is 2.41. The molecule has 0 unspecified atom stereocenters. The topological polar surface area (TPSA) is 4.93 Å². The summed E-state index contributed by atoms with van der Waals surface area (Å²) in [5.74, 6) is 0. The number of hydrogen-bond donors (Lipinski definition) is 0. The van der Waals surface area contributed by atoms with Crippen LogP contribution in [0.25, 0.3) is 60.1 Å². The lowest BCUT2D eigenvalue weighted by Gasteiger charge is -2.28. The van der Waals surface area contributed by atoms with Crippen molar-refractivity contribution in [2.75, 3.05) is 0 Å². The van der Waals surface area contributed by atoms with Crippen molar-refractivity contribution in [3.63, 3.8) is 0 Å². The predicted molar refractivity (Wildman–Crippen MR) is 189 cm³/mol. The number of para-hydroxylation sites is 1. The maximum Gasteiger partial charge on any atom is 0.0609 e. The molecular weight excluding hydrogens is 530 g/mol. The molecule has 0 N–H and O–H groups in total. The summed E-state index contributed by atoms with van der Waals surface area (Å²) in [5.41, 5.74) is 11.4. The number of benzene rings is 6. The molecule has 7 aromatic rings. The van der Waals surface area contributed by atoms with Crippen LogP contribution in [0, 0.1) is 0 Å². The molecule has 0 saturated heterocycles. The highest BCUT2D eigenvalue weighted by molar-refractivity contribution is 6.26. The number of aromatic nitrogens is 1. The Bertz CT molecular complexity index is 2390. The van der Waals surface area contributed by atoms with Crippen LogP contribution in [-0.2, 0) is 10.8 Å². The Labute approximate surface area is 258 Å². The van der Waals surface area contributed by atoms with Gasteiger partial charge in [0.05, 0.1) is 5.52 Å². The quantitative estimate of drug-likeness (QED) is 0.174. The molecule has 0 fully saturated rings. The molecular formula is C43H35N. The minimum atomic E-state index is -0.168. The van der Waals surface area contributed by atoms with Gasteiger partial charge in [-0.2, -0.15) is 0 Å². The molecule has 1 aromatic heterocycles. The Morgan fingerprint density at radius 3 is 2.18 bits per heavy atom. The smallest absolute Gasteiger partial charge is 0.0609 e. The molecule has 0 bridgehead atoms. The first-order chi connectivity index (χ1) is 21.2. The maximum atomic E-state index is 4.83. The van der Waals surface area contributed by atoms with Crippen LogP contribution in [-0.4, -0.2) is 4.57 Å². The second-order valence-corrected chi connectivity index (χ2v) is 14.0. The summed E-state index contributed by atoms with van der Waals surface area (Å²) in [5, 5.41) is 9.33. The Hall–Kier alpha value is -4.88. The van der Waals surface area contributed by atoms with E-state index >= 15 is 0 Å². The molecule has 2 aliphatic carbocycles. The molecule has 212 valence electrons. The molecule has 1 nitrogen and oxygen atoms in total. The summed E-state index contributed by atoms with van der Waals surface area (Å²) >= 11 is 0. The molecule has 6 aromatic carbocycles. The lowest BCUT2D eigenvalue weighted by molar-refractivity contribution is 0.534. The molecule has 0 aliphatic heterocycles. The molecule has 1 heterocycles. The average molecular weight is 566 g/mol. The molecule has 9 rings (SSSR count). The first-order valence-corrected chi connectivity index (χ1v) is 15.8. The minimum Gasteiger partial charge on any atom is -0.316 e. The summed E-state index contributed by atoms with van der Waals surface area (Å²) in [6.45, 7) is 14.4. The van der Waals surface area contributed by atoms with Crippen molar-refractivity contribution in [3.05, 3.63) is 150 Å². The van der Waals surface area contributed by atoms with Gasteiger partial charge in [0.2, 0.25) is 0 Å². The van der Waals surface area contributed by atoms with Crippen LogP contribution >= 0.6 is 0 Å². The van der Waals surface area contributed by atoms with E-state index in [4.69, 9.17) is 6.58 Å². The summed E-state index contributed by atoms with van der Waals surface area (Å²) in [4.78, 5) is 0. The van der Waals surface area contributed by atoms with Crippen molar-refractivity contribution in [2.24, 2.45) is 0 Å². The van der Waals surface area contributed by atoms with Crippen LogP contribution in [0.3, 0.4) is 0 Å². The van der Waals surface area contributed by atoms with Gasteiger partial charge in [-0.05, 0) is 102 Å².